The molecule has 0 aromatic heterocycles. The highest BCUT2D eigenvalue weighted by Crippen LogP contribution is 2.29. The predicted octanol–water partition coefficient (Wildman–Crippen LogP) is 5.29. The smallest absolute Gasteiger partial charge is 0.0795 e. The van der Waals surface area contributed by atoms with Crippen LogP contribution in [-0.2, 0) is 0 Å². The third-order valence-electron chi connectivity index (χ3n) is 3.69. The first-order chi connectivity index (χ1) is 8.58. The number of aliphatic hydroxyl groups is 1. The molecule has 0 saturated heterocycles. The average Bonchev–Trinajstić information content (AvgIpc) is 2.34. The molecule has 2 heteroatoms. The lowest BCUT2D eigenvalue weighted by Crippen LogP contribution is -2.08. The van der Waals surface area contributed by atoms with E-state index in [1.54, 1.807) is 0 Å². The van der Waals surface area contributed by atoms with Crippen molar-refractivity contribution in [3.05, 3.63) is 34.3 Å². The predicted molar refractivity (Wildman–Crippen MR) is 79.1 cm³/mol. The van der Waals surface area contributed by atoms with Crippen LogP contribution in [0.2, 0.25) is 5.02 Å². The van der Waals surface area contributed by atoms with Gasteiger partial charge in [0.05, 0.1) is 6.10 Å². The van der Waals surface area contributed by atoms with E-state index in [0.29, 0.717) is 5.92 Å². The molecule has 1 N–H and O–H groups in total. The summed E-state index contributed by atoms with van der Waals surface area (Å²) in [5.74, 6) is 0.620. The Bertz CT molecular complexity index is 362. The lowest BCUT2D eigenvalue weighted by atomic mass is 9.89. The Hall–Kier alpha value is -0.530. The van der Waals surface area contributed by atoms with Crippen LogP contribution in [0.5, 0.6) is 0 Å². The van der Waals surface area contributed by atoms with Gasteiger partial charge in [0.2, 0.25) is 0 Å². The number of aryl methyl sites for hydroxylation is 1. The number of benzene rings is 1. The largest absolute Gasteiger partial charge is 0.388 e. The summed E-state index contributed by atoms with van der Waals surface area (Å²) in [7, 11) is 0. The molecular formula is C16H25ClO. The molecule has 18 heavy (non-hydrogen) atoms. The van der Waals surface area contributed by atoms with Crippen LogP contribution < -0.4 is 0 Å². The second-order valence-electron chi connectivity index (χ2n) is 5.17. The highest BCUT2D eigenvalue weighted by molar-refractivity contribution is 6.30. The maximum atomic E-state index is 10.4. The molecule has 1 aromatic carbocycles. The van der Waals surface area contributed by atoms with Crippen molar-refractivity contribution in [1.29, 1.82) is 0 Å². The molecule has 0 spiro atoms. The van der Waals surface area contributed by atoms with E-state index in [9.17, 15) is 5.11 Å². The zero-order valence-electron chi connectivity index (χ0n) is 11.7. The number of hydrogen-bond donors (Lipinski definition) is 1. The van der Waals surface area contributed by atoms with Gasteiger partial charge in [-0.25, -0.2) is 0 Å². The molecular weight excluding hydrogens is 244 g/mol. The standard InChI is InChI=1S/C16H25ClO/c1-4-6-7-13(5-2)11-16(18)15-9-8-14(17)10-12(15)3/h8-10,13,16,18H,4-7,11H2,1-3H3. The van der Waals surface area contributed by atoms with E-state index in [4.69, 9.17) is 11.6 Å². The van der Waals surface area contributed by atoms with Gasteiger partial charge in [0, 0.05) is 5.02 Å². The normalized spacial score (nSPS) is 14.5. The molecule has 1 aromatic rings. The van der Waals surface area contributed by atoms with Gasteiger partial charge in [-0.05, 0) is 42.5 Å². The molecule has 0 radical (unpaired) electrons. The van der Waals surface area contributed by atoms with Crippen molar-refractivity contribution in [2.45, 2.75) is 59.0 Å². The highest BCUT2D eigenvalue weighted by Gasteiger charge is 2.16. The number of halogens is 1. The topological polar surface area (TPSA) is 20.2 Å². The Balaban J connectivity index is 2.65. The van der Waals surface area contributed by atoms with Gasteiger partial charge in [0.15, 0.2) is 0 Å². The van der Waals surface area contributed by atoms with Crippen LogP contribution in [0.4, 0.5) is 0 Å². The van der Waals surface area contributed by atoms with Gasteiger partial charge in [-0.15, -0.1) is 0 Å². The van der Waals surface area contributed by atoms with E-state index in [1.165, 1.54) is 19.3 Å². The average molecular weight is 269 g/mol. The van der Waals surface area contributed by atoms with Crippen molar-refractivity contribution in [1.82, 2.24) is 0 Å². The summed E-state index contributed by atoms with van der Waals surface area (Å²) < 4.78 is 0. The SMILES string of the molecule is CCCCC(CC)CC(O)c1ccc(Cl)cc1C. The first-order valence-corrected chi connectivity index (χ1v) is 7.40. The van der Waals surface area contributed by atoms with Gasteiger partial charge >= 0.3 is 0 Å². The number of hydrogen-bond acceptors (Lipinski definition) is 1. The minimum absolute atomic E-state index is 0.357. The maximum Gasteiger partial charge on any atom is 0.0795 e. The van der Waals surface area contributed by atoms with Crippen molar-refractivity contribution in [3.8, 4) is 0 Å². The van der Waals surface area contributed by atoms with Crippen LogP contribution in [-0.4, -0.2) is 5.11 Å². The zero-order chi connectivity index (χ0) is 13.5. The van der Waals surface area contributed by atoms with E-state index in [2.05, 4.69) is 13.8 Å². The highest BCUT2D eigenvalue weighted by atomic mass is 35.5. The van der Waals surface area contributed by atoms with Crippen LogP contribution in [0.1, 0.15) is 63.2 Å². The molecule has 0 aliphatic heterocycles. The van der Waals surface area contributed by atoms with Crippen molar-refractivity contribution in [2.24, 2.45) is 5.92 Å². The minimum Gasteiger partial charge on any atom is -0.388 e. The summed E-state index contributed by atoms with van der Waals surface area (Å²) in [4.78, 5) is 0. The Morgan fingerprint density at radius 3 is 2.56 bits per heavy atom. The van der Waals surface area contributed by atoms with E-state index in [1.807, 2.05) is 25.1 Å². The van der Waals surface area contributed by atoms with E-state index >= 15 is 0 Å². The van der Waals surface area contributed by atoms with E-state index in [-0.39, 0.29) is 6.10 Å². The monoisotopic (exact) mass is 268 g/mol. The molecule has 102 valence electrons. The number of unbranched alkanes of at least 4 members (excludes halogenated alkanes) is 1. The Kier molecular flexibility index (Phi) is 6.73. The van der Waals surface area contributed by atoms with Crippen LogP contribution in [0.15, 0.2) is 18.2 Å². The zero-order valence-corrected chi connectivity index (χ0v) is 12.5. The van der Waals surface area contributed by atoms with Crippen LogP contribution in [0, 0.1) is 12.8 Å². The third-order valence-corrected chi connectivity index (χ3v) is 3.93. The van der Waals surface area contributed by atoms with Crippen molar-refractivity contribution in [2.75, 3.05) is 0 Å². The van der Waals surface area contributed by atoms with Crippen LogP contribution in [0.3, 0.4) is 0 Å². The fourth-order valence-electron chi connectivity index (χ4n) is 2.44. The lowest BCUT2D eigenvalue weighted by molar-refractivity contribution is 0.138. The molecule has 2 unspecified atom stereocenters. The Morgan fingerprint density at radius 2 is 2.00 bits per heavy atom. The van der Waals surface area contributed by atoms with Gasteiger partial charge < -0.3 is 5.11 Å². The van der Waals surface area contributed by atoms with Gasteiger partial charge in [-0.2, -0.15) is 0 Å². The third kappa shape index (κ3) is 4.62. The first-order valence-electron chi connectivity index (χ1n) is 7.02. The maximum absolute atomic E-state index is 10.4. The molecule has 0 fully saturated rings. The Labute approximate surface area is 116 Å². The molecule has 0 bridgehead atoms. The second kappa shape index (κ2) is 7.81. The quantitative estimate of drug-likeness (QED) is 0.712. The van der Waals surface area contributed by atoms with Crippen LogP contribution in [0.25, 0.3) is 0 Å². The molecule has 1 nitrogen and oxygen atoms in total. The molecule has 1 rings (SSSR count). The fourth-order valence-corrected chi connectivity index (χ4v) is 2.66. The summed E-state index contributed by atoms with van der Waals surface area (Å²) in [6.07, 6.45) is 5.35. The molecule has 0 aliphatic carbocycles. The van der Waals surface area contributed by atoms with Gasteiger partial charge in [0.25, 0.3) is 0 Å². The van der Waals surface area contributed by atoms with Crippen molar-refractivity contribution in [3.63, 3.8) is 0 Å². The molecule has 0 amide bonds. The number of rotatable bonds is 7. The Morgan fingerprint density at radius 1 is 1.28 bits per heavy atom. The first kappa shape index (κ1) is 15.5. The van der Waals surface area contributed by atoms with E-state index in [0.717, 1.165) is 29.0 Å². The van der Waals surface area contributed by atoms with Crippen molar-refractivity contribution < 1.29 is 5.11 Å². The van der Waals surface area contributed by atoms with Crippen molar-refractivity contribution >= 4 is 11.6 Å². The molecule has 0 aliphatic rings. The summed E-state index contributed by atoms with van der Waals surface area (Å²) in [6, 6.07) is 5.74. The molecule has 0 saturated carbocycles. The van der Waals surface area contributed by atoms with E-state index < -0.39 is 0 Å². The summed E-state index contributed by atoms with van der Waals surface area (Å²) in [5.41, 5.74) is 2.11. The summed E-state index contributed by atoms with van der Waals surface area (Å²) in [5, 5.41) is 11.1. The fraction of sp³-hybridized carbons (Fsp3) is 0.625. The number of aliphatic hydroxyl groups excluding tert-OH is 1. The van der Waals surface area contributed by atoms with Gasteiger partial charge in [-0.3, -0.25) is 0 Å². The van der Waals surface area contributed by atoms with Crippen LogP contribution >= 0.6 is 11.6 Å². The lowest BCUT2D eigenvalue weighted by Gasteiger charge is -2.20. The summed E-state index contributed by atoms with van der Waals surface area (Å²) in [6.45, 7) is 6.44. The second-order valence-corrected chi connectivity index (χ2v) is 5.61. The summed E-state index contributed by atoms with van der Waals surface area (Å²) >= 11 is 5.94. The molecule has 0 heterocycles. The minimum atomic E-state index is -0.357. The van der Waals surface area contributed by atoms with Gasteiger partial charge in [0.1, 0.15) is 0 Å². The van der Waals surface area contributed by atoms with Gasteiger partial charge in [-0.1, -0.05) is 57.2 Å². The molecule has 2 atom stereocenters.